The molecular formula is C13H19NO2. The average molecular weight is 221 g/mol. The summed E-state index contributed by atoms with van der Waals surface area (Å²) in [6, 6.07) is 9.70. The van der Waals surface area contributed by atoms with Gasteiger partial charge in [-0.2, -0.15) is 0 Å². The van der Waals surface area contributed by atoms with E-state index in [0.29, 0.717) is 19.4 Å². The fraction of sp³-hybridized carbons (Fsp3) is 0.462. The third-order valence-electron chi connectivity index (χ3n) is 3.08. The number of nitrogens with two attached hydrogens (primary N) is 1. The van der Waals surface area contributed by atoms with Gasteiger partial charge in [0.05, 0.1) is 12.5 Å². The Morgan fingerprint density at radius 2 is 2.00 bits per heavy atom. The zero-order valence-electron chi connectivity index (χ0n) is 9.90. The lowest BCUT2D eigenvalue weighted by atomic mass is 9.75. The molecule has 0 aliphatic heterocycles. The van der Waals surface area contributed by atoms with Crippen molar-refractivity contribution < 1.29 is 9.53 Å². The minimum absolute atomic E-state index is 0.202. The van der Waals surface area contributed by atoms with Gasteiger partial charge >= 0.3 is 5.97 Å². The van der Waals surface area contributed by atoms with Crippen LogP contribution in [0.2, 0.25) is 0 Å². The van der Waals surface area contributed by atoms with E-state index >= 15 is 0 Å². The first-order chi connectivity index (χ1) is 7.71. The molecular weight excluding hydrogens is 202 g/mol. The first kappa shape index (κ1) is 12.7. The quantitative estimate of drug-likeness (QED) is 0.772. The van der Waals surface area contributed by atoms with Crippen LogP contribution in [0, 0.1) is 0 Å². The molecule has 1 rings (SSSR count). The lowest BCUT2D eigenvalue weighted by Crippen LogP contribution is -2.38. The third-order valence-corrected chi connectivity index (χ3v) is 3.08. The number of rotatable bonds is 5. The molecule has 0 saturated carbocycles. The molecule has 0 spiro atoms. The SMILES string of the molecule is CCC(CCN)(C(=O)OC)c1ccccc1. The lowest BCUT2D eigenvalue weighted by Gasteiger charge is -2.29. The summed E-state index contributed by atoms with van der Waals surface area (Å²) in [4.78, 5) is 12.0. The standard InChI is InChI=1S/C13H19NO2/c1-3-13(9-10-14,12(15)16-2)11-7-5-4-6-8-11/h4-8H,3,9-10,14H2,1-2H3. The first-order valence-corrected chi connectivity index (χ1v) is 5.55. The third kappa shape index (κ3) is 2.25. The van der Waals surface area contributed by atoms with E-state index in [9.17, 15) is 4.79 Å². The van der Waals surface area contributed by atoms with Gasteiger partial charge in [0.2, 0.25) is 0 Å². The summed E-state index contributed by atoms with van der Waals surface area (Å²) in [5.74, 6) is -0.202. The number of hydrogen-bond donors (Lipinski definition) is 1. The molecule has 0 bridgehead atoms. The molecule has 0 amide bonds. The summed E-state index contributed by atoms with van der Waals surface area (Å²) in [6.07, 6.45) is 1.31. The maximum absolute atomic E-state index is 12.0. The van der Waals surface area contributed by atoms with E-state index < -0.39 is 5.41 Å². The van der Waals surface area contributed by atoms with Gasteiger partial charge in [0.1, 0.15) is 0 Å². The molecule has 16 heavy (non-hydrogen) atoms. The van der Waals surface area contributed by atoms with Crippen LogP contribution >= 0.6 is 0 Å². The molecule has 0 fully saturated rings. The highest BCUT2D eigenvalue weighted by Crippen LogP contribution is 2.32. The molecule has 0 saturated heterocycles. The Morgan fingerprint density at radius 3 is 2.44 bits per heavy atom. The number of carbonyl (C=O) groups is 1. The Bertz CT molecular complexity index is 337. The summed E-state index contributed by atoms with van der Waals surface area (Å²) in [6.45, 7) is 2.46. The van der Waals surface area contributed by atoms with Crippen LogP contribution in [0.15, 0.2) is 30.3 Å². The minimum atomic E-state index is -0.592. The normalized spacial score (nSPS) is 14.2. The molecule has 88 valence electrons. The number of hydrogen-bond acceptors (Lipinski definition) is 3. The van der Waals surface area contributed by atoms with Crippen molar-refractivity contribution in [1.82, 2.24) is 0 Å². The molecule has 0 aliphatic rings. The zero-order chi connectivity index (χ0) is 12.0. The van der Waals surface area contributed by atoms with Crippen molar-refractivity contribution >= 4 is 5.97 Å². The zero-order valence-corrected chi connectivity index (χ0v) is 9.90. The minimum Gasteiger partial charge on any atom is -0.468 e. The monoisotopic (exact) mass is 221 g/mol. The van der Waals surface area contributed by atoms with Crippen molar-refractivity contribution in [2.45, 2.75) is 25.2 Å². The summed E-state index contributed by atoms with van der Waals surface area (Å²) in [5, 5.41) is 0. The molecule has 0 aliphatic carbocycles. The van der Waals surface area contributed by atoms with Crippen molar-refractivity contribution in [2.24, 2.45) is 5.73 Å². The van der Waals surface area contributed by atoms with E-state index in [2.05, 4.69) is 0 Å². The van der Waals surface area contributed by atoms with Crippen LogP contribution in [0.25, 0.3) is 0 Å². The van der Waals surface area contributed by atoms with Crippen LogP contribution in [-0.4, -0.2) is 19.6 Å². The molecule has 1 unspecified atom stereocenters. The van der Waals surface area contributed by atoms with Gasteiger partial charge in [-0.15, -0.1) is 0 Å². The summed E-state index contributed by atoms with van der Waals surface area (Å²) in [7, 11) is 1.42. The largest absolute Gasteiger partial charge is 0.468 e. The Labute approximate surface area is 96.6 Å². The molecule has 0 heterocycles. The van der Waals surface area contributed by atoms with Gasteiger partial charge in [0.25, 0.3) is 0 Å². The van der Waals surface area contributed by atoms with Gasteiger partial charge in [0.15, 0.2) is 0 Å². The van der Waals surface area contributed by atoms with Crippen molar-refractivity contribution in [3.63, 3.8) is 0 Å². The average Bonchev–Trinajstić information content (AvgIpc) is 2.36. The summed E-state index contributed by atoms with van der Waals surface area (Å²) < 4.78 is 4.92. The van der Waals surface area contributed by atoms with Crippen LogP contribution in [0.1, 0.15) is 25.3 Å². The van der Waals surface area contributed by atoms with Gasteiger partial charge < -0.3 is 10.5 Å². The molecule has 0 radical (unpaired) electrons. The Kier molecular flexibility index (Phi) is 4.50. The van der Waals surface area contributed by atoms with Gasteiger partial charge in [-0.3, -0.25) is 4.79 Å². The molecule has 1 aromatic rings. The number of methoxy groups -OCH3 is 1. The van der Waals surface area contributed by atoms with Crippen molar-refractivity contribution in [3.05, 3.63) is 35.9 Å². The molecule has 3 nitrogen and oxygen atoms in total. The van der Waals surface area contributed by atoms with Crippen molar-refractivity contribution in [3.8, 4) is 0 Å². The van der Waals surface area contributed by atoms with Crippen LogP contribution in [0.3, 0.4) is 0 Å². The summed E-state index contributed by atoms with van der Waals surface area (Å²) in [5.41, 5.74) is 6.00. The second-order valence-electron chi connectivity index (χ2n) is 3.83. The van der Waals surface area contributed by atoms with E-state index in [4.69, 9.17) is 10.5 Å². The highest BCUT2D eigenvalue weighted by Gasteiger charge is 2.38. The van der Waals surface area contributed by atoms with E-state index in [1.54, 1.807) is 0 Å². The van der Waals surface area contributed by atoms with E-state index in [1.807, 2.05) is 37.3 Å². The highest BCUT2D eigenvalue weighted by atomic mass is 16.5. The van der Waals surface area contributed by atoms with E-state index in [-0.39, 0.29) is 5.97 Å². The second kappa shape index (κ2) is 5.66. The highest BCUT2D eigenvalue weighted by molar-refractivity contribution is 5.83. The maximum atomic E-state index is 12.0. The lowest BCUT2D eigenvalue weighted by molar-refractivity contribution is -0.148. The fourth-order valence-corrected chi connectivity index (χ4v) is 2.09. The fourth-order valence-electron chi connectivity index (χ4n) is 2.09. The van der Waals surface area contributed by atoms with Crippen LogP contribution in [-0.2, 0) is 14.9 Å². The molecule has 1 atom stereocenters. The first-order valence-electron chi connectivity index (χ1n) is 5.55. The molecule has 0 aromatic heterocycles. The second-order valence-corrected chi connectivity index (χ2v) is 3.83. The number of esters is 1. The number of carbonyl (C=O) groups excluding carboxylic acids is 1. The van der Waals surface area contributed by atoms with Crippen molar-refractivity contribution in [1.29, 1.82) is 0 Å². The van der Waals surface area contributed by atoms with E-state index in [0.717, 1.165) is 5.56 Å². The Balaban J connectivity index is 3.17. The van der Waals surface area contributed by atoms with Gasteiger partial charge in [-0.25, -0.2) is 0 Å². The van der Waals surface area contributed by atoms with Gasteiger partial charge in [-0.05, 0) is 24.9 Å². The summed E-state index contributed by atoms with van der Waals surface area (Å²) >= 11 is 0. The van der Waals surface area contributed by atoms with E-state index in [1.165, 1.54) is 7.11 Å². The number of benzene rings is 1. The number of ether oxygens (including phenoxy) is 1. The van der Waals surface area contributed by atoms with Gasteiger partial charge in [0, 0.05) is 0 Å². The predicted molar refractivity (Wildman–Crippen MR) is 64.1 cm³/mol. The maximum Gasteiger partial charge on any atom is 0.316 e. The molecule has 1 aromatic carbocycles. The van der Waals surface area contributed by atoms with Crippen LogP contribution in [0.5, 0.6) is 0 Å². The van der Waals surface area contributed by atoms with Crippen LogP contribution in [0.4, 0.5) is 0 Å². The Morgan fingerprint density at radius 1 is 1.38 bits per heavy atom. The smallest absolute Gasteiger partial charge is 0.316 e. The molecule has 3 heteroatoms. The topological polar surface area (TPSA) is 52.3 Å². The Hall–Kier alpha value is -1.35. The predicted octanol–water partition coefficient (Wildman–Crippen LogP) is 1.86. The molecule has 2 N–H and O–H groups in total. The van der Waals surface area contributed by atoms with Crippen molar-refractivity contribution in [2.75, 3.05) is 13.7 Å². The van der Waals surface area contributed by atoms with Crippen LogP contribution < -0.4 is 5.73 Å². The van der Waals surface area contributed by atoms with Gasteiger partial charge in [-0.1, -0.05) is 37.3 Å².